The van der Waals surface area contributed by atoms with E-state index in [-0.39, 0.29) is 10.7 Å². The highest BCUT2D eigenvalue weighted by Crippen LogP contribution is 2.21. The number of halogens is 1. The van der Waals surface area contributed by atoms with Gasteiger partial charge in [0.05, 0.1) is 11.1 Å². The number of carbonyl (C=O) groups is 1. The minimum absolute atomic E-state index is 0.00270. The van der Waals surface area contributed by atoms with E-state index in [9.17, 15) is 14.9 Å². The smallest absolute Gasteiger partial charge is 0.300 e. The van der Waals surface area contributed by atoms with Gasteiger partial charge in [-0.15, -0.1) is 0 Å². The van der Waals surface area contributed by atoms with Gasteiger partial charge in [0.1, 0.15) is 22.7 Å². The second-order valence-corrected chi connectivity index (χ2v) is 4.05. The summed E-state index contributed by atoms with van der Waals surface area (Å²) in [6.45, 7) is 1.73. The topological polar surface area (TPSA) is 114 Å². The normalized spacial score (nSPS) is 10.2. The van der Waals surface area contributed by atoms with Gasteiger partial charge >= 0.3 is 0 Å². The SMILES string of the molecule is Cc1cn[nH]c1NC(=O)c1cc(Cl)ncc1[N+](=O)[O-]. The van der Waals surface area contributed by atoms with Crippen molar-refractivity contribution in [3.8, 4) is 0 Å². The summed E-state index contributed by atoms with van der Waals surface area (Å²) in [6, 6.07) is 1.14. The number of amides is 1. The van der Waals surface area contributed by atoms with Crippen LogP contribution in [0.15, 0.2) is 18.5 Å². The van der Waals surface area contributed by atoms with Crippen molar-refractivity contribution in [3.63, 3.8) is 0 Å². The monoisotopic (exact) mass is 281 g/mol. The number of nitrogens with zero attached hydrogens (tertiary/aromatic N) is 3. The number of hydrogen-bond donors (Lipinski definition) is 2. The van der Waals surface area contributed by atoms with Crippen molar-refractivity contribution in [3.05, 3.63) is 44.9 Å². The molecule has 9 heteroatoms. The van der Waals surface area contributed by atoms with Crippen LogP contribution < -0.4 is 5.32 Å². The van der Waals surface area contributed by atoms with E-state index in [1.54, 1.807) is 6.92 Å². The van der Waals surface area contributed by atoms with E-state index in [2.05, 4.69) is 20.5 Å². The second-order valence-electron chi connectivity index (χ2n) is 3.66. The molecule has 0 radical (unpaired) electrons. The Bertz CT molecular complexity index is 654. The first-order valence-electron chi connectivity index (χ1n) is 5.10. The number of nitro groups is 1. The largest absolute Gasteiger partial charge is 0.306 e. The van der Waals surface area contributed by atoms with Crippen molar-refractivity contribution < 1.29 is 9.72 Å². The second kappa shape index (κ2) is 5.02. The first kappa shape index (κ1) is 13.0. The number of H-pyrrole nitrogens is 1. The molecule has 0 saturated heterocycles. The maximum absolute atomic E-state index is 12.0. The highest BCUT2D eigenvalue weighted by molar-refractivity contribution is 6.30. The van der Waals surface area contributed by atoms with Crippen LogP contribution in [0.4, 0.5) is 11.5 Å². The standard InChI is InChI=1S/C10H8ClN5O3/c1-5-3-13-15-9(5)14-10(17)6-2-8(11)12-4-7(6)16(18)19/h2-4H,1H3,(H2,13,14,15,17). The minimum Gasteiger partial charge on any atom is -0.306 e. The van der Waals surface area contributed by atoms with Crippen molar-refractivity contribution >= 4 is 29.0 Å². The van der Waals surface area contributed by atoms with Crippen molar-refractivity contribution in [2.45, 2.75) is 6.92 Å². The van der Waals surface area contributed by atoms with E-state index in [1.807, 2.05) is 0 Å². The molecule has 0 aliphatic carbocycles. The molecule has 0 aliphatic rings. The van der Waals surface area contributed by atoms with Crippen LogP contribution in [0.5, 0.6) is 0 Å². The fourth-order valence-electron chi connectivity index (χ4n) is 1.40. The zero-order valence-electron chi connectivity index (χ0n) is 9.68. The Hall–Kier alpha value is -2.48. The molecule has 0 atom stereocenters. The van der Waals surface area contributed by atoms with Gasteiger partial charge < -0.3 is 5.32 Å². The molecule has 19 heavy (non-hydrogen) atoms. The van der Waals surface area contributed by atoms with E-state index < -0.39 is 16.5 Å². The van der Waals surface area contributed by atoms with E-state index in [0.29, 0.717) is 11.4 Å². The summed E-state index contributed by atoms with van der Waals surface area (Å²) in [7, 11) is 0. The molecule has 0 aliphatic heterocycles. The summed E-state index contributed by atoms with van der Waals surface area (Å²) in [5, 5.41) is 19.6. The lowest BCUT2D eigenvalue weighted by Crippen LogP contribution is -2.15. The van der Waals surface area contributed by atoms with Gasteiger partial charge in [-0.3, -0.25) is 20.0 Å². The number of aryl methyl sites for hydroxylation is 1. The number of hydrogen-bond acceptors (Lipinski definition) is 5. The Morgan fingerprint density at radius 3 is 2.84 bits per heavy atom. The average Bonchev–Trinajstić information content (AvgIpc) is 2.74. The van der Waals surface area contributed by atoms with Gasteiger partial charge in [-0.25, -0.2) is 4.98 Å². The van der Waals surface area contributed by atoms with Crippen LogP contribution in [0.25, 0.3) is 0 Å². The molecule has 0 bridgehead atoms. The number of aromatic amines is 1. The summed E-state index contributed by atoms with van der Waals surface area (Å²) < 4.78 is 0. The first-order chi connectivity index (χ1) is 8.99. The van der Waals surface area contributed by atoms with Gasteiger partial charge in [-0.2, -0.15) is 5.10 Å². The van der Waals surface area contributed by atoms with Crippen LogP contribution in [0.1, 0.15) is 15.9 Å². The van der Waals surface area contributed by atoms with E-state index in [4.69, 9.17) is 11.6 Å². The number of aromatic nitrogens is 3. The average molecular weight is 282 g/mol. The number of nitrogens with one attached hydrogen (secondary N) is 2. The molecular weight excluding hydrogens is 274 g/mol. The molecular formula is C10H8ClN5O3. The van der Waals surface area contributed by atoms with Crippen LogP contribution in [0.2, 0.25) is 5.15 Å². The summed E-state index contributed by atoms with van der Waals surface area (Å²) in [5.74, 6) is -0.296. The van der Waals surface area contributed by atoms with Gasteiger partial charge in [-0.1, -0.05) is 11.6 Å². The maximum Gasteiger partial charge on any atom is 0.300 e. The predicted octanol–water partition coefficient (Wildman–Crippen LogP) is 1.93. The van der Waals surface area contributed by atoms with E-state index in [1.165, 1.54) is 6.20 Å². The number of carbonyl (C=O) groups excluding carboxylic acids is 1. The van der Waals surface area contributed by atoms with Crippen LogP contribution >= 0.6 is 11.6 Å². The van der Waals surface area contributed by atoms with Crippen molar-refractivity contribution in [1.29, 1.82) is 0 Å². The number of anilines is 1. The van der Waals surface area contributed by atoms with Crippen molar-refractivity contribution in [2.24, 2.45) is 0 Å². The zero-order valence-corrected chi connectivity index (χ0v) is 10.4. The Balaban J connectivity index is 2.36. The summed E-state index contributed by atoms with van der Waals surface area (Å²) in [6.07, 6.45) is 2.46. The van der Waals surface area contributed by atoms with Crippen molar-refractivity contribution in [2.75, 3.05) is 5.32 Å². The maximum atomic E-state index is 12.0. The number of rotatable bonds is 3. The van der Waals surface area contributed by atoms with Crippen molar-refractivity contribution in [1.82, 2.24) is 15.2 Å². The summed E-state index contributed by atoms with van der Waals surface area (Å²) >= 11 is 5.64. The third kappa shape index (κ3) is 2.68. The fraction of sp³-hybridized carbons (Fsp3) is 0.100. The quantitative estimate of drug-likeness (QED) is 0.507. The molecule has 1 amide bonds. The zero-order chi connectivity index (χ0) is 14.0. The third-order valence-corrected chi connectivity index (χ3v) is 2.57. The molecule has 8 nitrogen and oxygen atoms in total. The minimum atomic E-state index is -0.696. The Morgan fingerprint density at radius 2 is 2.26 bits per heavy atom. The highest BCUT2D eigenvalue weighted by Gasteiger charge is 2.22. The lowest BCUT2D eigenvalue weighted by atomic mass is 10.2. The summed E-state index contributed by atoms with van der Waals surface area (Å²) in [5.41, 5.74) is 0.120. The van der Waals surface area contributed by atoms with Gasteiger partial charge in [0.25, 0.3) is 11.6 Å². The highest BCUT2D eigenvalue weighted by atomic mass is 35.5. The Morgan fingerprint density at radius 1 is 1.53 bits per heavy atom. The lowest BCUT2D eigenvalue weighted by Gasteiger charge is -2.04. The van der Waals surface area contributed by atoms with Crippen LogP contribution in [-0.4, -0.2) is 26.0 Å². The molecule has 2 aromatic heterocycles. The van der Waals surface area contributed by atoms with Gasteiger partial charge in [-0.05, 0) is 13.0 Å². The fourth-order valence-corrected chi connectivity index (χ4v) is 1.56. The molecule has 2 rings (SSSR count). The molecule has 0 saturated carbocycles. The van der Waals surface area contributed by atoms with Crippen LogP contribution in [0.3, 0.4) is 0 Å². The molecule has 98 valence electrons. The van der Waals surface area contributed by atoms with Gasteiger partial charge in [0.15, 0.2) is 0 Å². The van der Waals surface area contributed by atoms with Crippen LogP contribution in [-0.2, 0) is 0 Å². The lowest BCUT2D eigenvalue weighted by molar-refractivity contribution is -0.385. The molecule has 0 unspecified atom stereocenters. The Kier molecular flexibility index (Phi) is 3.43. The Labute approximate surface area is 112 Å². The van der Waals surface area contributed by atoms with E-state index in [0.717, 1.165) is 12.3 Å². The molecule has 2 aromatic rings. The molecule has 0 aromatic carbocycles. The molecule has 2 heterocycles. The van der Waals surface area contributed by atoms with Crippen LogP contribution in [0, 0.1) is 17.0 Å². The first-order valence-corrected chi connectivity index (χ1v) is 5.48. The van der Waals surface area contributed by atoms with Gasteiger partial charge in [0.2, 0.25) is 0 Å². The molecule has 2 N–H and O–H groups in total. The third-order valence-electron chi connectivity index (χ3n) is 2.36. The van der Waals surface area contributed by atoms with E-state index >= 15 is 0 Å². The summed E-state index contributed by atoms with van der Waals surface area (Å²) in [4.78, 5) is 25.7. The van der Waals surface area contributed by atoms with Gasteiger partial charge in [0, 0.05) is 5.56 Å². The number of pyridine rings is 1. The molecule has 0 fully saturated rings. The predicted molar refractivity (Wildman–Crippen MR) is 67.2 cm³/mol. The molecule has 0 spiro atoms.